The van der Waals surface area contributed by atoms with Crippen molar-refractivity contribution in [3.8, 4) is 0 Å². The second kappa shape index (κ2) is 14.0. The molecule has 0 aliphatic heterocycles. The lowest BCUT2D eigenvalue weighted by atomic mass is 9.83. The molecule has 1 unspecified atom stereocenters. The maximum atomic E-state index is 2.54. The summed E-state index contributed by atoms with van der Waals surface area (Å²) in [7, 11) is 0. The zero-order valence-electron chi connectivity index (χ0n) is 18.3. The molecular formula is C27H44. The Balaban J connectivity index is 1.66. The van der Waals surface area contributed by atoms with Crippen molar-refractivity contribution in [1.82, 2.24) is 0 Å². The zero-order valence-corrected chi connectivity index (χ0v) is 18.3. The average molecular weight is 369 g/mol. The van der Waals surface area contributed by atoms with E-state index in [2.05, 4.69) is 44.2 Å². The molecule has 0 saturated heterocycles. The van der Waals surface area contributed by atoms with Crippen LogP contribution in [-0.4, -0.2) is 0 Å². The van der Waals surface area contributed by atoms with E-state index < -0.39 is 0 Å². The van der Waals surface area contributed by atoms with Gasteiger partial charge in [0.05, 0.1) is 0 Å². The fourth-order valence-corrected chi connectivity index (χ4v) is 4.44. The number of hydrogen-bond donors (Lipinski definition) is 0. The summed E-state index contributed by atoms with van der Waals surface area (Å²) in [6, 6.07) is 9.51. The van der Waals surface area contributed by atoms with Gasteiger partial charge < -0.3 is 0 Å². The summed E-state index contributed by atoms with van der Waals surface area (Å²) in [5, 5.41) is 0. The van der Waals surface area contributed by atoms with Crippen LogP contribution in [0.1, 0.15) is 121 Å². The van der Waals surface area contributed by atoms with E-state index in [1.807, 2.05) is 0 Å². The van der Waals surface area contributed by atoms with Gasteiger partial charge >= 0.3 is 0 Å². The lowest BCUT2D eigenvalue weighted by molar-refractivity contribution is 0.423. The molecule has 0 amide bonds. The average Bonchev–Trinajstić information content (AvgIpc) is 2.71. The molecule has 0 radical (unpaired) electrons. The highest BCUT2D eigenvalue weighted by molar-refractivity contribution is 5.66. The number of rotatable bonds is 14. The Hall–Kier alpha value is -1.04. The number of unbranched alkanes of at least 4 members (excludes halogenated alkanes) is 9. The van der Waals surface area contributed by atoms with Gasteiger partial charge in [0.15, 0.2) is 0 Å². The van der Waals surface area contributed by atoms with Gasteiger partial charge in [0.1, 0.15) is 0 Å². The van der Waals surface area contributed by atoms with Gasteiger partial charge in [-0.05, 0) is 54.7 Å². The summed E-state index contributed by atoms with van der Waals surface area (Å²) >= 11 is 0. The van der Waals surface area contributed by atoms with Crippen molar-refractivity contribution >= 4 is 5.57 Å². The SMILES string of the molecule is CCCCCCCCc1ccc(C2=CCC(CCCCCCC)CC2)cc1. The standard InChI is InChI=1S/C27H44/c1-3-5-7-9-11-13-15-25-18-22-27(23-19-25)26-20-16-24(17-21-26)14-12-10-8-6-4-2/h18-20,22-24H,3-17,21H2,1-2H3. The molecule has 0 spiro atoms. The summed E-state index contributed by atoms with van der Waals surface area (Å²) in [6.45, 7) is 4.59. The lowest BCUT2D eigenvalue weighted by Crippen LogP contribution is -2.05. The van der Waals surface area contributed by atoms with E-state index in [0.717, 1.165) is 5.92 Å². The predicted octanol–water partition coefficient (Wildman–Crippen LogP) is 9.13. The molecule has 1 atom stereocenters. The highest BCUT2D eigenvalue weighted by atomic mass is 14.2. The third-order valence-corrected chi connectivity index (χ3v) is 6.38. The fraction of sp³-hybridized carbons (Fsp3) is 0.704. The van der Waals surface area contributed by atoms with Crippen molar-refractivity contribution in [1.29, 1.82) is 0 Å². The van der Waals surface area contributed by atoms with Crippen LogP contribution in [0, 0.1) is 5.92 Å². The maximum absolute atomic E-state index is 2.54. The van der Waals surface area contributed by atoms with Crippen molar-refractivity contribution in [2.45, 2.75) is 117 Å². The summed E-state index contributed by atoms with van der Waals surface area (Å²) in [5.74, 6) is 0.947. The van der Waals surface area contributed by atoms with Crippen LogP contribution in [0.2, 0.25) is 0 Å². The molecule has 1 aliphatic carbocycles. The quantitative estimate of drug-likeness (QED) is 0.287. The van der Waals surface area contributed by atoms with Gasteiger partial charge in [0.25, 0.3) is 0 Å². The number of aryl methyl sites for hydroxylation is 1. The molecule has 1 aromatic rings. The van der Waals surface area contributed by atoms with E-state index >= 15 is 0 Å². The number of allylic oxidation sites excluding steroid dienone is 2. The fourth-order valence-electron chi connectivity index (χ4n) is 4.44. The molecule has 1 aromatic carbocycles. The molecule has 0 nitrogen and oxygen atoms in total. The Morgan fingerprint density at radius 2 is 1.37 bits per heavy atom. The highest BCUT2D eigenvalue weighted by Crippen LogP contribution is 2.33. The van der Waals surface area contributed by atoms with E-state index in [9.17, 15) is 0 Å². The van der Waals surface area contributed by atoms with Crippen LogP contribution in [0.4, 0.5) is 0 Å². The van der Waals surface area contributed by atoms with Crippen LogP contribution in [0.3, 0.4) is 0 Å². The van der Waals surface area contributed by atoms with E-state index in [4.69, 9.17) is 0 Å². The second-order valence-corrected chi connectivity index (χ2v) is 8.79. The molecule has 1 aliphatic rings. The Morgan fingerprint density at radius 3 is 2.00 bits per heavy atom. The van der Waals surface area contributed by atoms with Crippen LogP contribution < -0.4 is 0 Å². The molecule has 0 heterocycles. The summed E-state index contributed by atoms with van der Waals surface area (Å²) in [6.07, 6.45) is 24.7. The summed E-state index contributed by atoms with van der Waals surface area (Å²) in [4.78, 5) is 0. The zero-order chi connectivity index (χ0) is 19.2. The Morgan fingerprint density at radius 1 is 0.741 bits per heavy atom. The van der Waals surface area contributed by atoms with Gasteiger partial charge in [-0.2, -0.15) is 0 Å². The molecule has 152 valence electrons. The van der Waals surface area contributed by atoms with Crippen molar-refractivity contribution in [3.63, 3.8) is 0 Å². The van der Waals surface area contributed by atoms with Gasteiger partial charge in [0, 0.05) is 0 Å². The van der Waals surface area contributed by atoms with Crippen LogP contribution in [0.15, 0.2) is 30.3 Å². The molecule has 2 rings (SSSR count). The second-order valence-electron chi connectivity index (χ2n) is 8.79. The smallest absolute Gasteiger partial charge is 0.0228 e. The van der Waals surface area contributed by atoms with Gasteiger partial charge in [-0.3, -0.25) is 0 Å². The highest BCUT2D eigenvalue weighted by Gasteiger charge is 2.15. The van der Waals surface area contributed by atoms with E-state index in [1.165, 1.54) is 114 Å². The number of hydrogen-bond acceptors (Lipinski definition) is 0. The molecule has 0 N–H and O–H groups in total. The van der Waals surface area contributed by atoms with E-state index in [-0.39, 0.29) is 0 Å². The molecule has 0 bridgehead atoms. The van der Waals surface area contributed by atoms with Crippen molar-refractivity contribution < 1.29 is 0 Å². The summed E-state index contributed by atoms with van der Waals surface area (Å²) in [5.41, 5.74) is 4.60. The minimum absolute atomic E-state index is 0.947. The van der Waals surface area contributed by atoms with Gasteiger partial charge in [-0.15, -0.1) is 0 Å². The maximum Gasteiger partial charge on any atom is -0.0228 e. The van der Waals surface area contributed by atoms with Gasteiger partial charge in [-0.25, -0.2) is 0 Å². The van der Waals surface area contributed by atoms with Crippen molar-refractivity contribution in [2.24, 2.45) is 5.92 Å². The van der Waals surface area contributed by atoms with Crippen LogP contribution in [0.5, 0.6) is 0 Å². The van der Waals surface area contributed by atoms with Gasteiger partial charge in [-0.1, -0.05) is 115 Å². The Labute approximate surface area is 169 Å². The molecule has 0 heteroatoms. The first-order valence-corrected chi connectivity index (χ1v) is 12.1. The summed E-state index contributed by atoms with van der Waals surface area (Å²) < 4.78 is 0. The molecule has 0 saturated carbocycles. The third-order valence-electron chi connectivity index (χ3n) is 6.38. The molecular weight excluding hydrogens is 324 g/mol. The first-order valence-electron chi connectivity index (χ1n) is 12.1. The van der Waals surface area contributed by atoms with Crippen LogP contribution in [-0.2, 0) is 6.42 Å². The van der Waals surface area contributed by atoms with Crippen molar-refractivity contribution in [3.05, 3.63) is 41.5 Å². The number of benzene rings is 1. The predicted molar refractivity (Wildman–Crippen MR) is 122 cm³/mol. The third kappa shape index (κ3) is 9.13. The Bertz CT molecular complexity index is 507. The molecule has 27 heavy (non-hydrogen) atoms. The minimum Gasteiger partial charge on any atom is -0.0804 e. The van der Waals surface area contributed by atoms with Crippen LogP contribution >= 0.6 is 0 Å². The lowest BCUT2D eigenvalue weighted by Gasteiger charge is -2.22. The van der Waals surface area contributed by atoms with E-state index in [0.29, 0.717) is 0 Å². The van der Waals surface area contributed by atoms with Crippen LogP contribution in [0.25, 0.3) is 5.57 Å². The molecule has 0 fully saturated rings. The first kappa shape index (κ1) is 22.3. The Kier molecular flexibility index (Phi) is 11.6. The van der Waals surface area contributed by atoms with Crippen molar-refractivity contribution in [2.75, 3.05) is 0 Å². The van der Waals surface area contributed by atoms with Gasteiger partial charge in [0.2, 0.25) is 0 Å². The normalized spacial score (nSPS) is 17.1. The largest absolute Gasteiger partial charge is 0.0804 e. The first-order chi connectivity index (χ1) is 13.3. The van der Waals surface area contributed by atoms with E-state index in [1.54, 1.807) is 5.57 Å². The minimum atomic E-state index is 0.947. The monoisotopic (exact) mass is 368 g/mol. The molecule has 0 aromatic heterocycles. The topological polar surface area (TPSA) is 0 Å².